The molecule has 2 heterocycles. The fourth-order valence-electron chi connectivity index (χ4n) is 4.21. The molecule has 4 aliphatic rings. The van der Waals surface area contributed by atoms with Crippen LogP contribution < -0.4 is 0 Å². The fraction of sp³-hybridized carbons (Fsp3) is 0.474. The summed E-state index contributed by atoms with van der Waals surface area (Å²) in [5.74, 6) is -2.40. The molecule has 1 saturated heterocycles. The number of rotatable bonds is 4. The number of hydrogen-bond acceptors (Lipinski definition) is 12. The molecule has 4 unspecified atom stereocenters. The second-order valence-electron chi connectivity index (χ2n) is 6.84. The lowest BCUT2D eigenvalue weighted by Gasteiger charge is -2.25. The molecule has 0 N–H and O–H groups in total. The van der Waals surface area contributed by atoms with Gasteiger partial charge in [-0.3, -0.25) is 0 Å². The highest BCUT2D eigenvalue weighted by Crippen LogP contribution is 2.68. The van der Waals surface area contributed by atoms with Crippen molar-refractivity contribution in [3.8, 4) is 0 Å². The topological polar surface area (TPSA) is 105 Å². The third-order valence-corrected chi connectivity index (χ3v) is 11.9. The summed E-state index contributed by atoms with van der Waals surface area (Å²) in [6.45, 7) is 0. The molecular formula is C19H18O8S4. The third-order valence-electron chi connectivity index (χ3n) is 5.46. The third kappa shape index (κ3) is 3.61. The average molecular weight is 503 g/mol. The van der Waals surface area contributed by atoms with E-state index in [1.54, 1.807) is 23.5 Å². The summed E-state index contributed by atoms with van der Waals surface area (Å²) in [4.78, 5) is 49.6. The molecule has 4 atom stereocenters. The van der Waals surface area contributed by atoms with E-state index in [1.165, 1.54) is 52.0 Å². The van der Waals surface area contributed by atoms with Crippen molar-refractivity contribution in [1.29, 1.82) is 0 Å². The first kappa shape index (κ1) is 22.7. The van der Waals surface area contributed by atoms with Crippen LogP contribution in [0, 0.1) is 11.8 Å². The van der Waals surface area contributed by atoms with E-state index >= 15 is 0 Å². The summed E-state index contributed by atoms with van der Waals surface area (Å²) in [5.41, 5.74) is 0.825. The number of fused-ring (bicyclic) bond motifs is 5. The number of ether oxygens (including phenoxy) is 4. The van der Waals surface area contributed by atoms with Crippen LogP contribution in [0.25, 0.3) is 0 Å². The highest BCUT2D eigenvalue weighted by molar-refractivity contribution is 8.33. The minimum absolute atomic E-state index is 0.0879. The van der Waals surface area contributed by atoms with Gasteiger partial charge >= 0.3 is 23.9 Å². The Kier molecular flexibility index (Phi) is 6.44. The Labute approximate surface area is 195 Å². The zero-order valence-corrected chi connectivity index (χ0v) is 20.2. The molecule has 2 aliphatic heterocycles. The molecule has 2 fully saturated rings. The number of methoxy groups -OCH3 is 4. The molecule has 2 aliphatic carbocycles. The van der Waals surface area contributed by atoms with E-state index in [-0.39, 0.29) is 32.1 Å². The Morgan fingerprint density at radius 2 is 1.03 bits per heavy atom. The molecule has 0 spiro atoms. The molecule has 2 bridgehead atoms. The van der Waals surface area contributed by atoms with E-state index in [0.717, 1.165) is 8.47 Å². The van der Waals surface area contributed by atoms with Crippen LogP contribution >= 0.6 is 47.0 Å². The van der Waals surface area contributed by atoms with Crippen LogP contribution in [0.15, 0.2) is 29.4 Å². The van der Waals surface area contributed by atoms with Crippen LogP contribution in [-0.2, 0) is 38.1 Å². The van der Waals surface area contributed by atoms with E-state index in [2.05, 4.69) is 0 Å². The summed E-state index contributed by atoms with van der Waals surface area (Å²) in [6.07, 6.45) is 0.701. The molecule has 0 aromatic carbocycles. The van der Waals surface area contributed by atoms with Gasteiger partial charge < -0.3 is 18.9 Å². The lowest BCUT2D eigenvalue weighted by Crippen LogP contribution is -2.32. The minimum Gasteiger partial charge on any atom is -0.466 e. The molecule has 12 heteroatoms. The van der Waals surface area contributed by atoms with Gasteiger partial charge in [0, 0.05) is 22.3 Å². The summed E-state index contributed by atoms with van der Waals surface area (Å²) in [7, 11) is 5.13. The highest BCUT2D eigenvalue weighted by atomic mass is 32.2. The number of thioether (sulfide) groups is 4. The van der Waals surface area contributed by atoms with Crippen molar-refractivity contribution >= 4 is 70.9 Å². The Morgan fingerprint density at radius 1 is 0.645 bits per heavy atom. The Balaban J connectivity index is 1.63. The molecular weight excluding hydrogens is 484 g/mol. The van der Waals surface area contributed by atoms with Gasteiger partial charge in [-0.25, -0.2) is 19.2 Å². The van der Waals surface area contributed by atoms with E-state index in [0.29, 0.717) is 17.6 Å². The minimum atomic E-state index is -0.593. The monoisotopic (exact) mass is 502 g/mol. The van der Waals surface area contributed by atoms with Crippen LogP contribution in [-0.4, -0.2) is 62.8 Å². The Bertz CT molecular complexity index is 909. The number of hydrogen-bond donors (Lipinski definition) is 0. The summed E-state index contributed by atoms with van der Waals surface area (Å²) >= 11 is 5.60. The molecule has 0 radical (unpaired) electrons. The van der Waals surface area contributed by atoms with Crippen LogP contribution in [0.1, 0.15) is 6.42 Å². The van der Waals surface area contributed by atoms with Crippen molar-refractivity contribution in [2.75, 3.05) is 28.4 Å². The number of carbonyl (C=O) groups is 4. The van der Waals surface area contributed by atoms with Gasteiger partial charge in [0.05, 0.1) is 48.1 Å². The zero-order chi connectivity index (χ0) is 22.4. The molecule has 31 heavy (non-hydrogen) atoms. The quantitative estimate of drug-likeness (QED) is 0.417. The molecule has 4 rings (SSSR count). The molecule has 0 amide bonds. The first-order valence-electron chi connectivity index (χ1n) is 9.11. The van der Waals surface area contributed by atoms with Crippen molar-refractivity contribution in [3.63, 3.8) is 0 Å². The van der Waals surface area contributed by atoms with E-state index in [9.17, 15) is 19.2 Å². The maximum atomic E-state index is 12.4. The van der Waals surface area contributed by atoms with Gasteiger partial charge in [-0.15, -0.1) is 23.5 Å². The summed E-state index contributed by atoms with van der Waals surface area (Å²) in [6, 6.07) is 0. The summed E-state index contributed by atoms with van der Waals surface area (Å²) in [5, 5.41) is 0.176. The first-order chi connectivity index (χ1) is 14.9. The van der Waals surface area contributed by atoms with Crippen molar-refractivity contribution in [3.05, 3.63) is 29.4 Å². The maximum absolute atomic E-state index is 12.4. The second kappa shape index (κ2) is 8.80. The van der Waals surface area contributed by atoms with E-state index < -0.39 is 23.9 Å². The van der Waals surface area contributed by atoms with Gasteiger partial charge in [0.25, 0.3) is 0 Å². The molecule has 8 nitrogen and oxygen atoms in total. The van der Waals surface area contributed by atoms with E-state index in [1.807, 2.05) is 0 Å². The van der Waals surface area contributed by atoms with Gasteiger partial charge in [-0.05, 0) is 6.42 Å². The van der Waals surface area contributed by atoms with Crippen molar-refractivity contribution in [2.24, 2.45) is 11.8 Å². The predicted molar refractivity (Wildman–Crippen MR) is 119 cm³/mol. The normalized spacial score (nSPS) is 28.8. The lowest BCUT2D eigenvalue weighted by molar-refractivity contribution is -0.139. The van der Waals surface area contributed by atoms with Crippen molar-refractivity contribution < 1.29 is 38.1 Å². The Hall–Kier alpha value is -1.50. The van der Waals surface area contributed by atoms with Crippen molar-refractivity contribution in [1.82, 2.24) is 0 Å². The van der Waals surface area contributed by atoms with Gasteiger partial charge in [-0.1, -0.05) is 23.5 Å². The predicted octanol–water partition coefficient (Wildman–Crippen LogP) is 2.66. The lowest BCUT2D eigenvalue weighted by atomic mass is 9.91. The smallest absolute Gasteiger partial charge is 0.346 e. The molecule has 0 aromatic heterocycles. The average Bonchev–Trinajstić information content (AvgIpc) is 3.55. The standard InChI is InChI=1S/C19H18O8S4/c1-24-14(20)8-6-5-7(9(8)15(21)25-2)11-10(6)28-18(29-11)19-30-12(16(22)26-3)13(31-19)17(23)27-4/h6-7,10-11H,5H2,1-4H3. The van der Waals surface area contributed by atoms with Gasteiger partial charge in [0.1, 0.15) is 9.81 Å². The molecule has 166 valence electrons. The van der Waals surface area contributed by atoms with Crippen LogP contribution in [0.4, 0.5) is 0 Å². The van der Waals surface area contributed by atoms with Crippen LogP contribution in [0.5, 0.6) is 0 Å². The summed E-state index contributed by atoms with van der Waals surface area (Å²) < 4.78 is 21.3. The van der Waals surface area contributed by atoms with Gasteiger partial charge in [0.15, 0.2) is 0 Å². The number of carbonyl (C=O) groups excluding carboxylic acids is 4. The van der Waals surface area contributed by atoms with Gasteiger partial charge in [0.2, 0.25) is 0 Å². The van der Waals surface area contributed by atoms with E-state index in [4.69, 9.17) is 18.9 Å². The second-order valence-corrected chi connectivity index (χ2v) is 11.8. The fourth-order valence-corrected chi connectivity index (χ4v) is 10.8. The first-order valence-corrected chi connectivity index (χ1v) is 12.5. The maximum Gasteiger partial charge on any atom is 0.346 e. The van der Waals surface area contributed by atoms with Crippen LogP contribution in [0.3, 0.4) is 0 Å². The molecule has 0 aromatic rings. The van der Waals surface area contributed by atoms with Gasteiger partial charge in [-0.2, -0.15) is 0 Å². The van der Waals surface area contributed by atoms with Crippen LogP contribution in [0.2, 0.25) is 0 Å². The zero-order valence-electron chi connectivity index (χ0n) is 16.9. The highest BCUT2D eigenvalue weighted by Gasteiger charge is 2.60. The number of esters is 4. The largest absolute Gasteiger partial charge is 0.466 e. The Morgan fingerprint density at radius 3 is 1.39 bits per heavy atom. The van der Waals surface area contributed by atoms with Crippen molar-refractivity contribution in [2.45, 2.75) is 16.9 Å². The molecule has 1 saturated carbocycles. The SMILES string of the molecule is COC(=O)C1=C(C(=O)OC)SC(=C2SC3C4CC(C(C(=O)OC)=C4C(=O)OC)C3S2)S1.